The first-order valence-electron chi connectivity index (χ1n) is 9.53. The largest absolute Gasteiger partial charge is 0.493 e. The normalized spacial score (nSPS) is 15.4. The zero-order chi connectivity index (χ0) is 19.9. The van der Waals surface area contributed by atoms with Crippen molar-refractivity contribution in [3.8, 4) is 17.2 Å². The van der Waals surface area contributed by atoms with Gasteiger partial charge in [-0.1, -0.05) is 12.1 Å². The molecule has 1 fully saturated rings. The van der Waals surface area contributed by atoms with E-state index in [9.17, 15) is 0 Å². The van der Waals surface area contributed by atoms with Crippen molar-refractivity contribution in [3.63, 3.8) is 0 Å². The second kappa shape index (κ2) is 10.0. The van der Waals surface area contributed by atoms with Gasteiger partial charge in [0.2, 0.25) is 5.75 Å². The average Bonchev–Trinajstić information content (AvgIpc) is 2.75. The lowest BCUT2D eigenvalue weighted by Crippen LogP contribution is -2.45. The summed E-state index contributed by atoms with van der Waals surface area (Å²) in [6.07, 6.45) is 2.11. The fourth-order valence-corrected chi connectivity index (χ4v) is 3.99. The van der Waals surface area contributed by atoms with Gasteiger partial charge >= 0.3 is 0 Å². The van der Waals surface area contributed by atoms with Gasteiger partial charge in [0.25, 0.3) is 0 Å². The molecular weight excluding hydrogens is 372 g/mol. The van der Waals surface area contributed by atoms with Crippen LogP contribution in [0.1, 0.15) is 11.1 Å². The summed E-state index contributed by atoms with van der Waals surface area (Å²) >= 11 is 1.79. The highest BCUT2D eigenvalue weighted by Crippen LogP contribution is 2.38. The Morgan fingerprint density at radius 3 is 1.68 bits per heavy atom. The summed E-state index contributed by atoms with van der Waals surface area (Å²) in [5.74, 6) is 2.07. The molecule has 2 aromatic carbocycles. The first-order chi connectivity index (χ1) is 13.7. The molecule has 0 saturated carbocycles. The zero-order valence-electron chi connectivity index (χ0n) is 17.2. The molecule has 0 spiro atoms. The summed E-state index contributed by atoms with van der Waals surface area (Å²) < 4.78 is 16.4. The minimum absolute atomic E-state index is 0.645. The predicted octanol–water partition coefficient (Wildman–Crippen LogP) is 3.75. The Balaban J connectivity index is 1.56. The Kier molecular flexibility index (Phi) is 7.48. The van der Waals surface area contributed by atoms with Gasteiger partial charge in [-0.05, 0) is 41.6 Å². The van der Waals surface area contributed by atoms with Gasteiger partial charge in [-0.15, -0.1) is 11.8 Å². The first kappa shape index (κ1) is 20.8. The Morgan fingerprint density at radius 2 is 1.25 bits per heavy atom. The van der Waals surface area contributed by atoms with Crippen LogP contribution in [0.15, 0.2) is 41.3 Å². The fourth-order valence-electron chi connectivity index (χ4n) is 3.58. The summed E-state index contributed by atoms with van der Waals surface area (Å²) in [4.78, 5) is 6.33. The van der Waals surface area contributed by atoms with Crippen LogP contribution in [0.4, 0.5) is 0 Å². The van der Waals surface area contributed by atoms with Crippen molar-refractivity contribution >= 4 is 11.8 Å². The Morgan fingerprint density at radius 1 is 0.750 bits per heavy atom. The second-order valence-corrected chi connectivity index (χ2v) is 7.81. The lowest BCUT2D eigenvalue weighted by Gasteiger charge is -2.35. The molecule has 0 radical (unpaired) electrons. The highest BCUT2D eigenvalue weighted by molar-refractivity contribution is 7.98. The van der Waals surface area contributed by atoms with E-state index in [2.05, 4.69) is 40.3 Å². The van der Waals surface area contributed by atoms with E-state index in [1.165, 1.54) is 16.0 Å². The van der Waals surface area contributed by atoms with Crippen molar-refractivity contribution in [2.75, 3.05) is 53.8 Å². The molecule has 6 heteroatoms. The van der Waals surface area contributed by atoms with Gasteiger partial charge in [0, 0.05) is 44.2 Å². The van der Waals surface area contributed by atoms with Crippen LogP contribution in [-0.2, 0) is 13.1 Å². The minimum atomic E-state index is 0.645. The highest BCUT2D eigenvalue weighted by atomic mass is 32.2. The molecule has 2 aromatic rings. The lowest BCUT2D eigenvalue weighted by molar-refractivity contribution is 0.122. The molecule has 1 aliphatic heterocycles. The number of methoxy groups -OCH3 is 3. The van der Waals surface area contributed by atoms with Gasteiger partial charge in [-0.3, -0.25) is 9.80 Å². The summed E-state index contributed by atoms with van der Waals surface area (Å²) in [7, 11) is 4.95. The molecule has 152 valence electrons. The maximum absolute atomic E-state index is 5.48. The number of nitrogens with zero attached hydrogens (tertiary/aromatic N) is 2. The van der Waals surface area contributed by atoms with Crippen LogP contribution in [0, 0.1) is 0 Å². The van der Waals surface area contributed by atoms with Gasteiger partial charge in [0.05, 0.1) is 21.3 Å². The lowest BCUT2D eigenvalue weighted by atomic mass is 10.1. The summed E-state index contributed by atoms with van der Waals surface area (Å²) in [5.41, 5.74) is 2.56. The van der Waals surface area contributed by atoms with E-state index in [1.54, 1.807) is 33.1 Å². The number of hydrogen-bond acceptors (Lipinski definition) is 6. The Hall–Kier alpha value is -1.89. The van der Waals surface area contributed by atoms with Crippen LogP contribution in [0.2, 0.25) is 0 Å². The maximum atomic E-state index is 5.48. The number of thioether (sulfide) groups is 1. The van der Waals surface area contributed by atoms with E-state index >= 15 is 0 Å². The van der Waals surface area contributed by atoms with Gasteiger partial charge < -0.3 is 14.2 Å². The number of ether oxygens (including phenoxy) is 3. The molecule has 0 amide bonds. The van der Waals surface area contributed by atoms with Crippen molar-refractivity contribution in [1.29, 1.82) is 0 Å². The van der Waals surface area contributed by atoms with Crippen molar-refractivity contribution in [2.24, 2.45) is 0 Å². The molecule has 0 atom stereocenters. The molecule has 5 nitrogen and oxygen atoms in total. The number of piperazine rings is 1. The van der Waals surface area contributed by atoms with Crippen LogP contribution in [0.25, 0.3) is 0 Å². The van der Waals surface area contributed by atoms with Crippen molar-refractivity contribution in [3.05, 3.63) is 47.5 Å². The molecule has 0 aliphatic carbocycles. The van der Waals surface area contributed by atoms with E-state index in [-0.39, 0.29) is 0 Å². The van der Waals surface area contributed by atoms with Crippen molar-refractivity contribution in [2.45, 2.75) is 18.0 Å². The quantitative estimate of drug-likeness (QED) is 0.626. The maximum Gasteiger partial charge on any atom is 0.203 e. The third kappa shape index (κ3) is 5.13. The smallest absolute Gasteiger partial charge is 0.203 e. The zero-order valence-corrected chi connectivity index (χ0v) is 18.1. The van der Waals surface area contributed by atoms with E-state index < -0.39 is 0 Å². The molecule has 1 heterocycles. The molecule has 0 bridgehead atoms. The SMILES string of the molecule is COc1cc(CN2CCN(Cc3ccc(SC)cc3)CC2)cc(OC)c1OC. The predicted molar refractivity (Wildman–Crippen MR) is 115 cm³/mol. The monoisotopic (exact) mass is 402 g/mol. The Bertz CT molecular complexity index is 734. The van der Waals surface area contributed by atoms with Gasteiger partial charge in [0.15, 0.2) is 11.5 Å². The van der Waals surface area contributed by atoms with Crippen LogP contribution < -0.4 is 14.2 Å². The third-order valence-corrected chi connectivity index (χ3v) is 5.90. The first-order valence-corrected chi connectivity index (χ1v) is 10.8. The van der Waals surface area contributed by atoms with E-state index in [0.717, 1.165) is 39.3 Å². The molecule has 1 aliphatic rings. The van der Waals surface area contributed by atoms with Gasteiger partial charge in [0.1, 0.15) is 0 Å². The molecule has 3 rings (SSSR count). The number of rotatable bonds is 8. The van der Waals surface area contributed by atoms with Crippen LogP contribution in [0.3, 0.4) is 0 Å². The molecular formula is C22H30N2O3S. The highest BCUT2D eigenvalue weighted by Gasteiger charge is 2.19. The second-order valence-electron chi connectivity index (χ2n) is 6.93. The standard InChI is InChI=1S/C22H30N2O3S/c1-25-20-13-18(14-21(26-2)22(20)27-3)16-24-11-9-23(10-12-24)15-17-5-7-19(28-4)8-6-17/h5-8,13-14H,9-12,15-16H2,1-4H3. The third-order valence-electron chi connectivity index (χ3n) is 5.16. The minimum Gasteiger partial charge on any atom is -0.493 e. The fraction of sp³-hybridized carbons (Fsp3) is 0.455. The molecule has 28 heavy (non-hydrogen) atoms. The van der Waals surface area contributed by atoms with Gasteiger partial charge in [-0.25, -0.2) is 0 Å². The van der Waals surface area contributed by atoms with E-state index in [1.807, 2.05) is 12.1 Å². The van der Waals surface area contributed by atoms with E-state index in [4.69, 9.17) is 14.2 Å². The molecule has 0 N–H and O–H groups in total. The van der Waals surface area contributed by atoms with Crippen LogP contribution in [0.5, 0.6) is 17.2 Å². The van der Waals surface area contributed by atoms with Crippen molar-refractivity contribution < 1.29 is 14.2 Å². The molecule has 0 unspecified atom stereocenters. The van der Waals surface area contributed by atoms with Gasteiger partial charge in [-0.2, -0.15) is 0 Å². The van der Waals surface area contributed by atoms with Crippen LogP contribution in [-0.4, -0.2) is 63.6 Å². The van der Waals surface area contributed by atoms with E-state index in [0.29, 0.717) is 17.2 Å². The van der Waals surface area contributed by atoms with Crippen molar-refractivity contribution in [1.82, 2.24) is 9.80 Å². The van der Waals surface area contributed by atoms with Crippen LogP contribution >= 0.6 is 11.8 Å². The number of hydrogen-bond donors (Lipinski definition) is 0. The molecule has 0 aromatic heterocycles. The Labute approximate surface area is 172 Å². The number of benzene rings is 2. The molecule has 1 saturated heterocycles. The summed E-state index contributed by atoms with van der Waals surface area (Å²) in [6.45, 7) is 6.17. The average molecular weight is 403 g/mol. The topological polar surface area (TPSA) is 34.2 Å². The summed E-state index contributed by atoms with van der Waals surface area (Å²) in [5, 5.41) is 0. The summed E-state index contributed by atoms with van der Waals surface area (Å²) in [6, 6.07) is 13.0.